The van der Waals surface area contributed by atoms with Crippen LogP contribution in [0.4, 0.5) is 0 Å². The van der Waals surface area contributed by atoms with Crippen LogP contribution < -0.4 is 0 Å². The molecule has 3 heteroatoms. The Morgan fingerprint density at radius 2 is 1.69 bits per heavy atom. The van der Waals surface area contributed by atoms with Gasteiger partial charge in [-0.1, -0.05) is 45.4 Å². The van der Waals surface area contributed by atoms with Crippen LogP contribution in [-0.2, 0) is 9.59 Å². The molecule has 1 unspecified atom stereocenters. The fourth-order valence-electron chi connectivity index (χ4n) is 8.38. The molecule has 4 aliphatic carbocycles. The summed E-state index contributed by atoms with van der Waals surface area (Å²) in [5.74, 6) is 2.51. The molecule has 0 amide bonds. The van der Waals surface area contributed by atoms with Crippen molar-refractivity contribution in [2.45, 2.75) is 97.3 Å². The summed E-state index contributed by atoms with van der Waals surface area (Å²) in [4.78, 5) is 31.8. The average Bonchev–Trinajstić information content (AvgIpc) is 3.12. The number of aliphatic imine (C=N–C) groups is 1. The maximum absolute atomic E-state index is 13.9. The zero-order chi connectivity index (χ0) is 20.2. The standard InChI is InChI=1S/C26H39NO2/c1-25-13-6-9-20(25)19-16-27-23-15-22(28)18(11-10-17-7-4-3-5-8-17)24(29)26(23,2)21(19)12-14-25/h17-21H,3-16H2,1-2H3/t18?,19-,20-,21+,25-,26+/m0/s1. The highest BCUT2D eigenvalue weighted by Crippen LogP contribution is 2.61. The third-order valence-corrected chi connectivity index (χ3v) is 10.2. The summed E-state index contributed by atoms with van der Waals surface area (Å²) in [5, 5.41) is 0. The number of ketones is 2. The normalized spacial score (nSPS) is 45.4. The lowest BCUT2D eigenvalue weighted by Gasteiger charge is -2.55. The van der Waals surface area contributed by atoms with Gasteiger partial charge in [-0.25, -0.2) is 0 Å². The van der Waals surface area contributed by atoms with E-state index in [0.717, 1.165) is 43.4 Å². The number of carbonyl (C=O) groups excluding carboxylic acids is 2. The molecule has 1 heterocycles. The van der Waals surface area contributed by atoms with Gasteiger partial charge >= 0.3 is 0 Å². The van der Waals surface area contributed by atoms with E-state index in [1.54, 1.807) is 0 Å². The molecule has 0 N–H and O–H groups in total. The molecule has 4 fully saturated rings. The minimum Gasteiger partial charge on any atom is -0.298 e. The topological polar surface area (TPSA) is 46.5 Å². The zero-order valence-corrected chi connectivity index (χ0v) is 18.5. The molecule has 3 nitrogen and oxygen atoms in total. The van der Waals surface area contributed by atoms with Gasteiger partial charge in [0.2, 0.25) is 0 Å². The van der Waals surface area contributed by atoms with Crippen LogP contribution in [0.3, 0.4) is 0 Å². The maximum Gasteiger partial charge on any atom is 0.155 e. The number of nitrogens with zero attached hydrogens (tertiary/aromatic N) is 1. The van der Waals surface area contributed by atoms with Crippen LogP contribution >= 0.6 is 0 Å². The summed E-state index contributed by atoms with van der Waals surface area (Å²) < 4.78 is 0. The van der Waals surface area contributed by atoms with Gasteiger partial charge in [-0.2, -0.15) is 0 Å². The summed E-state index contributed by atoms with van der Waals surface area (Å²) in [5.41, 5.74) is 0.959. The minimum absolute atomic E-state index is 0.169. The smallest absolute Gasteiger partial charge is 0.155 e. The SMILES string of the molecule is C[C@@]12CCC[C@H]1[C@@H]1CN=C3CC(=O)C(CCC4CCCCC4)C(=O)[C@]3(C)[C@@H]1CC2. The molecule has 5 aliphatic rings. The second kappa shape index (κ2) is 7.31. The van der Waals surface area contributed by atoms with Crippen molar-refractivity contribution >= 4 is 17.3 Å². The maximum atomic E-state index is 13.9. The molecule has 0 bridgehead atoms. The Labute approximate surface area is 176 Å². The molecule has 0 radical (unpaired) electrons. The van der Waals surface area contributed by atoms with E-state index in [-0.39, 0.29) is 17.5 Å². The molecule has 1 aliphatic heterocycles. The zero-order valence-electron chi connectivity index (χ0n) is 18.5. The Balaban J connectivity index is 1.38. The molecule has 5 rings (SSSR count). The highest BCUT2D eigenvalue weighted by atomic mass is 16.2. The third kappa shape index (κ3) is 3.08. The van der Waals surface area contributed by atoms with Gasteiger partial charge in [0.05, 0.1) is 11.3 Å². The summed E-state index contributed by atoms with van der Waals surface area (Å²) >= 11 is 0. The highest BCUT2D eigenvalue weighted by molar-refractivity contribution is 6.26. The molecule has 0 aromatic carbocycles. The molecule has 29 heavy (non-hydrogen) atoms. The summed E-state index contributed by atoms with van der Waals surface area (Å²) in [6, 6.07) is 0. The Morgan fingerprint density at radius 1 is 0.897 bits per heavy atom. The largest absolute Gasteiger partial charge is 0.298 e. The van der Waals surface area contributed by atoms with Crippen molar-refractivity contribution in [3.63, 3.8) is 0 Å². The second-order valence-corrected chi connectivity index (χ2v) is 11.6. The molecular formula is C26H39NO2. The van der Waals surface area contributed by atoms with Crippen LogP contribution in [0.15, 0.2) is 4.99 Å². The Hall–Kier alpha value is -0.990. The van der Waals surface area contributed by atoms with Crippen molar-refractivity contribution < 1.29 is 9.59 Å². The fourth-order valence-corrected chi connectivity index (χ4v) is 8.38. The summed E-state index contributed by atoms with van der Waals surface area (Å²) in [6.45, 7) is 5.54. The fraction of sp³-hybridized carbons (Fsp3) is 0.885. The predicted molar refractivity (Wildman–Crippen MR) is 116 cm³/mol. The van der Waals surface area contributed by atoms with Crippen LogP contribution in [-0.4, -0.2) is 23.8 Å². The quantitative estimate of drug-likeness (QED) is 0.565. The van der Waals surface area contributed by atoms with Gasteiger partial charge in [-0.3, -0.25) is 14.6 Å². The summed E-state index contributed by atoms with van der Waals surface area (Å²) in [7, 11) is 0. The van der Waals surface area contributed by atoms with Gasteiger partial charge in [0.25, 0.3) is 0 Å². The molecule has 0 aromatic heterocycles. The number of rotatable bonds is 3. The van der Waals surface area contributed by atoms with Gasteiger partial charge in [0.1, 0.15) is 5.78 Å². The Kier molecular flexibility index (Phi) is 5.02. The van der Waals surface area contributed by atoms with Crippen molar-refractivity contribution in [3.05, 3.63) is 0 Å². The van der Waals surface area contributed by atoms with E-state index in [1.807, 2.05) is 0 Å². The average molecular weight is 398 g/mol. The first kappa shape index (κ1) is 19.9. The number of carbonyl (C=O) groups is 2. The van der Waals surface area contributed by atoms with E-state index in [2.05, 4.69) is 13.8 Å². The van der Waals surface area contributed by atoms with E-state index in [0.29, 0.717) is 23.7 Å². The lowest BCUT2D eigenvalue weighted by Crippen LogP contribution is -2.60. The Bertz CT molecular complexity index is 720. The van der Waals surface area contributed by atoms with Crippen LogP contribution in [0.5, 0.6) is 0 Å². The number of hydrogen-bond donors (Lipinski definition) is 0. The molecule has 4 saturated carbocycles. The first-order valence-corrected chi connectivity index (χ1v) is 12.5. The van der Waals surface area contributed by atoms with E-state index < -0.39 is 5.41 Å². The predicted octanol–water partition coefficient (Wildman–Crippen LogP) is 5.80. The van der Waals surface area contributed by atoms with Crippen LogP contribution in [0.25, 0.3) is 0 Å². The third-order valence-electron chi connectivity index (χ3n) is 10.2. The van der Waals surface area contributed by atoms with Crippen molar-refractivity contribution in [2.24, 2.45) is 45.4 Å². The lowest BCUT2D eigenvalue weighted by atomic mass is 9.49. The van der Waals surface area contributed by atoms with E-state index in [1.165, 1.54) is 57.8 Å². The molecular weight excluding hydrogens is 358 g/mol. The second-order valence-electron chi connectivity index (χ2n) is 11.6. The van der Waals surface area contributed by atoms with Gasteiger partial charge in [-0.15, -0.1) is 0 Å². The number of hydrogen-bond acceptors (Lipinski definition) is 3. The van der Waals surface area contributed by atoms with Gasteiger partial charge < -0.3 is 0 Å². The first-order chi connectivity index (χ1) is 13.9. The van der Waals surface area contributed by atoms with Crippen LogP contribution in [0.1, 0.15) is 97.3 Å². The minimum atomic E-state index is -0.460. The Morgan fingerprint density at radius 3 is 2.48 bits per heavy atom. The molecule has 0 aromatic rings. The molecule has 0 saturated heterocycles. The molecule has 160 valence electrons. The van der Waals surface area contributed by atoms with Crippen molar-refractivity contribution in [1.29, 1.82) is 0 Å². The number of fused-ring (bicyclic) bond motifs is 5. The van der Waals surface area contributed by atoms with E-state index >= 15 is 0 Å². The first-order valence-electron chi connectivity index (χ1n) is 12.5. The van der Waals surface area contributed by atoms with Gasteiger partial charge in [0.15, 0.2) is 5.78 Å². The highest BCUT2D eigenvalue weighted by Gasteiger charge is 2.61. The van der Waals surface area contributed by atoms with E-state index in [9.17, 15) is 9.59 Å². The number of Topliss-reactive ketones (excluding diaryl/α,β-unsaturated/α-hetero) is 2. The van der Waals surface area contributed by atoms with Crippen molar-refractivity contribution in [1.82, 2.24) is 0 Å². The van der Waals surface area contributed by atoms with E-state index in [4.69, 9.17) is 4.99 Å². The van der Waals surface area contributed by atoms with Crippen molar-refractivity contribution in [2.75, 3.05) is 6.54 Å². The van der Waals surface area contributed by atoms with Crippen LogP contribution in [0, 0.1) is 40.4 Å². The molecule has 6 atom stereocenters. The molecule has 0 spiro atoms. The lowest BCUT2D eigenvalue weighted by molar-refractivity contribution is -0.143. The van der Waals surface area contributed by atoms with Gasteiger partial charge in [-0.05, 0) is 74.5 Å². The monoisotopic (exact) mass is 397 g/mol. The van der Waals surface area contributed by atoms with Crippen molar-refractivity contribution in [3.8, 4) is 0 Å². The van der Waals surface area contributed by atoms with Crippen LogP contribution in [0.2, 0.25) is 0 Å². The summed E-state index contributed by atoms with van der Waals surface area (Å²) in [6.07, 6.45) is 15.3. The van der Waals surface area contributed by atoms with Gasteiger partial charge in [0, 0.05) is 18.7 Å².